The Morgan fingerprint density at radius 3 is 2.12 bits per heavy atom. The van der Waals surface area contributed by atoms with Crippen LogP contribution >= 0.6 is 0 Å². The van der Waals surface area contributed by atoms with Crippen molar-refractivity contribution < 1.29 is 13.9 Å². The van der Waals surface area contributed by atoms with Crippen LogP contribution in [0.25, 0.3) is 0 Å². The Kier molecular flexibility index (Phi) is 5.79. The molecule has 4 heteroatoms. The number of carbonyl (C=O) groups excluding carboxylic acids is 1. The van der Waals surface area contributed by atoms with E-state index in [0.29, 0.717) is 24.2 Å². The quantitative estimate of drug-likeness (QED) is 0.411. The predicted octanol–water partition coefficient (Wildman–Crippen LogP) is 6.01. The molecule has 1 aliphatic carbocycles. The van der Waals surface area contributed by atoms with Crippen LogP contribution in [0.5, 0.6) is 5.75 Å². The van der Waals surface area contributed by atoms with Crippen LogP contribution in [0.3, 0.4) is 0 Å². The summed E-state index contributed by atoms with van der Waals surface area (Å²) in [5.74, 6) is 0.671. The van der Waals surface area contributed by atoms with Crippen molar-refractivity contribution in [2.45, 2.75) is 31.7 Å². The number of carbonyl (C=O) groups is 1. The fourth-order valence-corrected chi connectivity index (χ4v) is 4.70. The van der Waals surface area contributed by atoms with E-state index in [1.807, 2.05) is 12.1 Å². The molecule has 2 aliphatic rings. The zero-order valence-electron chi connectivity index (χ0n) is 18.3. The third-order valence-electron chi connectivity index (χ3n) is 6.55. The van der Waals surface area contributed by atoms with Gasteiger partial charge < -0.3 is 4.74 Å². The van der Waals surface area contributed by atoms with Gasteiger partial charge >= 0.3 is 0 Å². The van der Waals surface area contributed by atoms with Gasteiger partial charge in [-0.1, -0.05) is 60.7 Å². The van der Waals surface area contributed by atoms with Crippen LogP contribution in [-0.2, 0) is 0 Å². The smallest absolute Gasteiger partial charge is 0.162 e. The second-order valence-corrected chi connectivity index (χ2v) is 9.06. The van der Waals surface area contributed by atoms with Crippen molar-refractivity contribution in [3.8, 4) is 5.75 Å². The highest BCUT2D eigenvalue weighted by Crippen LogP contribution is 2.45. The third kappa shape index (κ3) is 4.33. The first kappa shape index (κ1) is 20.9. The SMILES string of the molecule is CC(=O)c1cc(C2CC2)c(OCC2CN(C(c3ccccc3)c3ccccc3)C2)cc1F. The van der Waals surface area contributed by atoms with Crippen LogP contribution in [-0.4, -0.2) is 30.4 Å². The molecule has 1 saturated heterocycles. The van der Waals surface area contributed by atoms with E-state index in [0.717, 1.165) is 31.5 Å². The zero-order valence-corrected chi connectivity index (χ0v) is 18.3. The van der Waals surface area contributed by atoms with Crippen molar-refractivity contribution in [2.75, 3.05) is 19.7 Å². The molecule has 3 aromatic carbocycles. The number of likely N-dealkylation sites (tertiary alicyclic amines) is 1. The van der Waals surface area contributed by atoms with Gasteiger partial charge in [-0.25, -0.2) is 4.39 Å². The lowest BCUT2D eigenvalue weighted by Gasteiger charge is -2.44. The van der Waals surface area contributed by atoms with Gasteiger partial charge in [0.2, 0.25) is 0 Å². The van der Waals surface area contributed by atoms with Crippen molar-refractivity contribution in [2.24, 2.45) is 5.92 Å². The van der Waals surface area contributed by atoms with Crippen molar-refractivity contribution >= 4 is 5.78 Å². The van der Waals surface area contributed by atoms with Crippen LogP contribution in [0.15, 0.2) is 72.8 Å². The van der Waals surface area contributed by atoms with Gasteiger partial charge in [-0.05, 0) is 48.4 Å². The number of hydrogen-bond donors (Lipinski definition) is 0. The first-order valence-electron chi connectivity index (χ1n) is 11.4. The Morgan fingerprint density at radius 1 is 1.00 bits per heavy atom. The Morgan fingerprint density at radius 2 is 1.59 bits per heavy atom. The van der Waals surface area contributed by atoms with E-state index in [1.165, 1.54) is 24.1 Å². The van der Waals surface area contributed by atoms with Crippen LogP contribution in [0.2, 0.25) is 0 Å². The molecular weight excluding hydrogens is 401 g/mol. The molecule has 1 aliphatic heterocycles. The molecule has 1 saturated carbocycles. The summed E-state index contributed by atoms with van der Waals surface area (Å²) in [6.45, 7) is 3.84. The molecule has 5 rings (SSSR count). The van der Waals surface area contributed by atoms with E-state index in [1.54, 1.807) is 6.07 Å². The van der Waals surface area contributed by atoms with Gasteiger partial charge in [0.15, 0.2) is 5.78 Å². The Hall–Kier alpha value is -2.98. The van der Waals surface area contributed by atoms with Gasteiger partial charge in [0, 0.05) is 25.1 Å². The summed E-state index contributed by atoms with van der Waals surface area (Å²) in [6.07, 6.45) is 2.15. The number of benzene rings is 3. The average molecular weight is 430 g/mol. The minimum atomic E-state index is -0.486. The van der Waals surface area contributed by atoms with Crippen molar-refractivity contribution in [3.63, 3.8) is 0 Å². The van der Waals surface area contributed by atoms with Crippen LogP contribution in [0, 0.1) is 11.7 Å². The fourth-order valence-electron chi connectivity index (χ4n) is 4.70. The van der Waals surface area contributed by atoms with Gasteiger partial charge in [0.1, 0.15) is 11.6 Å². The zero-order chi connectivity index (χ0) is 22.1. The first-order chi connectivity index (χ1) is 15.6. The summed E-state index contributed by atoms with van der Waals surface area (Å²) in [5, 5.41) is 0. The van der Waals surface area contributed by atoms with E-state index < -0.39 is 5.82 Å². The molecule has 0 atom stereocenters. The van der Waals surface area contributed by atoms with E-state index >= 15 is 0 Å². The lowest BCUT2D eigenvalue weighted by molar-refractivity contribution is 0.0375. The van der Waals surface area contributed by atoms with Gasteiger partial charge in [-0.3, -0.25) is 9.69 Å². The van der Waals surface area contributed by atoms with Gasteiger partial charge in [-0.15, -0.1) is 0 Å². The highest BCUT2D eigenvalue weighted by molar-refractivity contribution is 5.94. The summed E-state index contributed by atoms with van der Waals surface area (Å²) in [4.78, 5) is 14.2. The van der Waals surface area contributed by atoms with Crippen LogP contribution in [0.4, 0.5) is 4.39 Å². The third-order valence-corrected chi connectivity index (χ3v) is 6.55. The van der Waals surface area contributed by atoms with Gasteiger partial charge in [0.05, 0.1) is 18.2 Å². The Balaban J connectivity index is 1.27. The highest BCUT2D eigenvalue weighted by atomic mass is 19.1. The minimum absolute atomic E-state index is 0.169. The van der Waals surface area contributed by atoms with Crippen LogP contribution < -0.4 is 4.74 Å². The maximum absolute atomic E-state index is 14.4. The standard InChI is InChI=1S/C28H28FNO2/c1-19(31)24-14-25(21-12-13-21)27(15-26(24)29)32-18-20-16-30(17-20)28(22-8-4-2-5-9-22)23-10-6-3-7-11-23/h2-11,14-15,20-21,28H,12-13,16-18H2,1H3. The number of ketones is 1. The average Bonchev–Trinajstić information content (AvgIpc) is 3.61. The largest absolute Gasteiger partial charge is 0.493 e. The topological polar surface area (TPSA) is 29.5 Å². The Labute approximate surface area is 188 Å². The summed E-state index contributed by atoms with van der Waals surface area (Å²) >= 11 is 0. The number of ether oxygens (including phenoxy) is 1. The van der Waals surface area contributed by atoms with Gasteiger partial charge in [0.25, 0.3) is 0 Å². The lowest BCUT2D eigenvalue weighted by atomic mass is 9.90. The van der Waals surface area contributed by atoms with Crippen molar-refractivity contribution in [1.82, 2.24) is 4.90 Å². The molecule has 2 fully saturated rings. The number of nitrogens with zero attached hydrogens (tertiary/aromatic N) is 1. The molecule has 0 radical (unpaired) electrons. The minimum Gasteiger partial charge on any atom is -0.493 e. The van der Waals surface area contributed by atoms with E-state index in [2.05, 4.69) is 53.4 Å². The fraction of sp³-hybridized carbons (Fsp3) is 0.321. The monoisotopic (exact) mass is 429 g/mol. The normalized spacial score (nSPS) is 16.7. The summed E-state index contributed by atoms with van der Waals surface area (Å²) in [7, 11) is 0. The second-order valence-electron chi connectivity index (χ2n) is 9.06. The van der Waals surface area contributed by atoms with E-state index in [4.69, 9.17) is 4.74 Å². The maximum Gasteiger partial charge on any atom is 0.162 e. The predicted molar refractivity (Wildman–Crippen MR) is 124 cm³/mol. The molecular formula is C28H28FNO2. The number of hydrogen-bond acceptors (Lipinski definition) is 3. The summed E-state index contributed by atoms with van der Waals surface area (Å²) in [5.41, 5.74) is 3.73. The number of Topliss-reactive ketones (excluding diaryl/α,β-unsaturated/α-hetero) is 1. The molecule has 0 amide bonds. The molecule has 3 aromatic rings. The summed E-state index contributed by atoms with van der Waals surface area (Å²) in [6, 6.07) is 24.5. The number of halogens is 1. The summed E-state index contributed by atoms with van der Waals surface area (Å²) < 4.78 is 20.5. The van der Waals surface area contributed by atoms with Gasteiger partial charge in [-0.2, -0.15) is 0 Å². The molecule has 0 N–H and O–H groups in total. The first-order valence-corrected chi connectivity index (χ1v) is 11.4. The van der Waals surface area contributed by atoms with E-state index in [-0.39, 0.29) is 17.4 Å². The molecule has 0 spiro atoms. The molecule has 1 heterocycles. The number of rotatable bonds is 8. The maximum atomic E-state index is 14.4. The second kappa shape index (κ2) is 8.87. The molecule has 0 unspecified atom stereocenters. The molecule has 32 heavy (non-hydrogen) atoms. The molecule has 3 nitrogen and oxygen atoms in total. The molecule has 0 aromatic heterocycles. The molecule has 0 bridgehead atoms. The van der Waals surface area contributed by atoms with Crippen molar-refractivity contribution in [1.29, 1.82) is 0 Å². The highest BCUT2D eigenvalue weighted by Gasteiger charge is 2.35. The molecule has 164 valence electrons. The van der Waals surface area contributed by atoms with E-state index in [9.17, 15) is 9.18 Å². The Bertz CT molecular complexity index is 1050. The van der Waals surface area contributed by atoms with Crippen molar-refractivity contribution in [3.05, 3.63) is 101 Å². The lowest BCUT2D eigenvalue weighted by Crippen LogP contribution is -2.51. The van der Waals surface area contributed by atoms with Crippen LogP contribution in [0.1, 0.15) is 58.8 Å².